The summed E-state index contributed by atoms with van der Waals surface area (Å²) in [7, 11) is -8.04. The molecule has 0 heterocycles. The fourth-order valence-electron chi connectivity index (χ4n) is 3.87. The minimum absolute atomic E-state index is 0.0286. The van der Waals surface area contributed by atoms with E-state index in [0.29, 0.717) is 12.0 Å². The van der Waals surface area contributed by atoms with Crippen molar-refractivity contribution in [2.45, 2.75) is 50.2 Å². The van der Waals surface area contributed by atoms with Crippen LogP contribution in [0.2, 0.25) is 0 Å². The molecule has 13 heteroatoms. The standard InChI is InChI=1S/C24H35N3O8S2/c1-4-15-27(35-20-10-12-21(13-11-20)36(25,31)32)37(33,34)23(18(3)17(2)16-26-24(29)30)14-9-19-7-5-6-8-22(19)28/h5-8,10-13,17-18,23,26,28H,4,9,14-16H2,1-3H3,(H,29,30)(H2,25,31,32). The number of amides is 1. The summed E-state index contributed by atoms with van der Waals surface area (Å²) < 4.78 is 51.8. The SMILES string of the molecule is CCCN(Oc1ccc(S(N)(=O)=O)cc1)S(=O)(=O)C(CCc1ccccc1O)C(C)C(C)CNC(=O)O. The zero-order chi connectivity index (χ0) is 27.8. The number of carboxylic acid groups (broad SMARTS) is 1. The van der Waals surface area contributed by atoms with Crippen LogP contribution in [0.1, 0.15) is 39.2 Å². The molecule has 0 radical (unpaired) electrons. The van der Waals surface area contributed by atoms with Gasteiger partial charge in [-0.1, -0.05) is 39.0 Å². The topological polar surface area (TPSA) is 176 Å². The number of nitrogens with one attached hydrogen (secondary N) is 1. The fraction of sp³-hybridized carbons (Fsp3) is 0.458. The summed E-state index contributed by atoms with van der Waals surface area (Å²) in [5, 5.41) is 25.6. The largest absolute Gasteiger partial charge is 0.508 e. The number of nitrogens with zero attached hydrogens (tertiary/aromatic N) is 1. The molecule has 2 aromatic carbocycles. The minimum atomic E-state index is -4.12. The monoisotopic (exact) mass is 557 g/mol. The van der Waals surface area contributed by atoms with Gasteiger partial charge in [0.05, 0.1) is 16.7 Å². The average Bonchev–Trinajstić information content (AvgIpc) is 2.83. The summed E-state index contributed by atoms with van der Waals surface area (Å²) >= 11 is 0. The minimum Gasteiger partial charge on any atom is -0.508 e. The number of nitrogens with two attached hydrogens (primary N) is 1. The summed E-state index contributed by atoms with van der Waals surface area (Å²) in [5.41, 5.74) is 0.591. The molecule has 0 aliphatic rings. The Morgan fingerprint density at radius 1 is 1.08 bits per heavy atom. The van der Waals surface area contributed by atoms with E-state index in [1.165, 1.54) is 30.3 Å². The van der Waals surface area contributed by atoms with Crippen molar-refractivity contribution in [3.63, 3.8) is 0 Å². The van der Waals surface area contributed by atoms with E-state index < -0.39 is 37.3 Å². The van der Waals surface area contributed by atoms with Gasteiger partial charge in [-0.15, -0.1) is 0 Å². The molecule has 5 N–H and O–H groups in total. The predicted molar refractivity (Wildman–Crippen MR) is 139 cm³/mol. The van der Waals surface area contributed by atoms with E-state index in [1.807, 2.05) is 0 Å². The van der Waals surface area contributed by atoms with E-state index in [-0.39, 0.29) is 48.2 Å². The van der Waals surface area contributed by atoms with Crippen LogP contribution in [0, 0.1) is 11.8 Å². The molecular weight excluding hydrogens is 522 g/mol. The van der Waals surface area contributed by atoms with E-state index in [4.69, 9.17) is 15.1 Å². The number of phenols is 1. The Morgan fingerprint density at radius 3 is 2.24 bits per heavy atom. The van der Waals surface area contributed by atoms with Crippen molar-refractivity contribution in [1.29, 1.82) is 0 Å². The van der Waals surface area contributed by atoms with Crippen LogP contribution in [0.3, 0.4) is 0 Å². The van der Waals surface area contributed by atoms with Crippen molar-refractivity contribution < 1.29 is 36.7 Å². The normalized spacial score (nSPS) is 14.6. The molecule has 0 aliphatic carbocycles. The summed E-state index contributed by atoms with van der Waals surface area (Å²) in [5.74, 6) is -0.659. The average molecular weight is 558 g/mol. The number of hydrogen-bond donors (Lipinski definition) is 4. The van der Waals surface area contributed by atoms with Crippen LogP contribution in [0.25, 0.3) is 0 Å². The van der Waals surface area contributed by atoms with Crippen LogP contribution in [-0.4, -0.2) is 55.9 Å². The van der Waals surface area contributed by atoms with Gasteiger partial charge in [-0.05, 0) is 71.5 Å². The molecule has 206 valence electrons. The molecule has 11 nitrogen and oxygen atoms in total. The number of phenolic OH excluding ortho intramolecular Hbond substituents is 1. The maximum absolute atomic E-state index is 13.9. The van der Waals surface area contributed by atoms with Gasteiger partial charge in [0.2, 0.25) is 20.0 Å². The lowest BCUT2D eigenvalue weighted by molar-refractivity contribution is 0.0333. The number of benzene rings is 2. The molecule has 0 aliphatic heterocycles. The van der Waals surface area contributed by atoms with E-state index in [9.17, 15) is 26.7 Å². The Balaban J connectivity index is 2.38. The highest BCUT2D eigenvalue weighted by Crippen LogP contribution is 2.30. The quantitative estimate of drug-likeness (QED) is 0.256. The Labute approximate surface area is 218 Å². The summed E-state index contributed by atoms with van der Waals surface area (Å²) in [4.78, 5) is 16.6. The Hall–Kier alpha value is -2.87. The number of aromatic hydroxyl groups is 1. The highest BCUT2D eigenvalue weighted by molar-refractivity contribution is 7.89. The number of primary sulfonamides is 1. The second-order valence-electron chi connectivity index (χ2n) is 8.91. The molecule has 0 saturated heterocycles. The third-order valence-corrected chi connectivity index (χ3v) is 9.37. The molecule has 0 aromatic heterocycles. The van der Waals surface area contributed by atoms with Gasteiger partial charge < -0.3 is 20.4 Å². The van der Waals surface area contributed by atoms with Crippen molar-refractivity contribution in [2.75, 3.05) is 13.1 Å². The molecule has 0 spiro atoms. The fourth-order valence-corrected chi connectivity index (χ4v) is 6.54. The van der Waals surface area contributed by atoms with Crippen molar-refractivity contribution in [2.24, 2.45) is 17.0 Å². The van der Waals surface area contributed by atoms with E-state index >= 15 is 0 Å². The van der Waals surface area contributed by atoms with E-state index in [0.717, 1.165) is 4.47 Å². The number of aryl methyl sites for hydroxylation is 1. The third-order valence-electron chi connectivity index (χ3n) is 6.18. The lowest BCUT2D eigenvalue weighted by Gasteiger charge is -2.33. The first-order chi connectivity index (χ1) is 17.3. The molecule has 3 atom stereocenters. The molecule has 0 fully saturated rings. The zero-order valence-corrected chi connectivity index (χ0v) is 22.7. The second-order valence-corrected chi connectivity index (χ2v) is 12.5. The molecular formula is C24H35N3O8S2. The molecule has 37 heavy (non-hydrogen) atoms. The van der Waals surface area contributed by atoms with Crippen molar-refractivity contribution in [3.05, 3.63) is 54.1 Å². The molecule has 0 saturated carbocycles. The summed E-state index contributed by atoms with van der Waals surface area (Å²) in [6, 6.07) is 11.7. The lowest BCUT2D eigenvalue weighted by Crippen LogP contribution is -2.46. The first-order valence-electron chi connectivity index (χ1n) is 11.8. The summed E-state index contributed by atoms with van der Waals surface area (Å²) in [6.07, 6.45) is -0.354. The van der Waals surface area contributed by atoms with Crippen LogP contribution in [-0.2, 0) is 26.5 Å². The van der Waals surface area contributed by atoms with Crippen LogP contribution in [0.4, 0.5) is 4.79 Å². The van der Waals surface area contributed by atoms with Crippen molar-refractivity contribution >= 4 is 26.1 Å². The molecule has 2 aromatic rings. The van der Waals surface area contributed by atoms with Gasteiger partial charge in [0.1, 0.15) is 11.5 Å². The van der Waals surface area contributed by atoms with E-state index in [2.05, 4.69) is 5.32 Å². The van der Waals surface area contributed by atoms with Crippen LogP contribution >= 0.6 is 0 Å². The lowest BCUT2D eigenvalue weighted by atomic mass is 9.89. The van der Waals surface area contributed by atoms with Gasteiger partial charge in [0.15, 0.2) is 0 Å². The molecule has 3 unspecified atom stereocenters. The second kappa shape index (κ2) is 13.1. The molecule has 0 bridgehead atoms. The smallest absolute Gasteiger partial charge is 0.404 e. The van der Waals surface area contributed by atoms with Crippen LogP contribution in [0.5, 0.6) is 11.5 Å². The van der Waals surface area contributed by atoms with E-state index in [1.54, 1.807) is 39.0 Å². The first-order valence-corrected chi connectivity index (χ1v) is 14.9. The maximum Gasteiger partial charge on any atom is 0.404 e. The number of para-hydroxylation sites is 1. The number of carbonyl (C=O) groups is 1. The third kappa shape index (κ3) is 8.59. The maximum atomic E-state index is 13.9. The Bertz CT molecular complexity index is 1250. The molecule has 2 rings (SSSR count). The predicted octanol–water partition coefficient (Wildman–Crippen LogP) is 2.92. The Morgan fingerprint density at radius 2 is 1.70 bits per heavy atom. The Kier molecular flexibility index (Phi) is 10.7. The first kappa shape index (κ1) is 30.4. The van der Waals surface area contributed by atoms with Gasteiger partial charge >= 0.3 is 6.09 Å². The van der Waals surface area contributed by atoms with Gasteiger partial charge in [0, 0.05) is 6.54 Å². The number of sulfonamides is 2. The van der Waals surface area contributed by atoms with Gasteiger partial charge in [0.25, 0.3) is 0 Å². The summed E-state index contributed by atoms with van der Waals surface area (Å²) in [6.45, 7) is 5.38. The van der Waals surface area contributed by atoms with Gasteiger partial charge in [-0.25, -0.2) is 26.8 Å². The highest BCUT2D eigenvalue weighted by Gasteiger charge is 2.39. The van der Waals surface area contributed by atoms with Gasteiger partial charge in [-0.2, -0.15) is 0 Å². The van der Waals surface area contributed by atoms with Crippen LogP contribution < -0.4 is 15.3 Å². The van der Waals surface area contributed by atoms with Crippen LogP contribution in [0.15, 0.2) is 53.4 Å². The highest BCUT2D eigenvalue weighted by atomic mass is 32.2. The van der Waals surface area contributed by atoms with Gasteiger partial charge in [-0.3, -0.25) is 0 Å². The van der Waals surface area contributed by atoms with Crippen molar-refractivity contribution in [3.8, 4) is 11.5 Å². The molecule has 1 amide bonds. The zero-order valence-electron chi connectivity index (χ0n) is 21.1. The number of rotatable bonds is 14. The van der Waals surface area contributed by atoms with Crippen molar-refractivity contribution in [1.82, 2.24) is 9.79 Å². The number of hydroxylamine groups is 1. The number of hydrogen-bond acceptors (Lipinski definition) is 7.